The normalized spacial score (nSPS) is 12.2. The van der Waals surface area contributed by atoms with Gasteiger partial charge in [-0.25, -0.2) is 5.43 Å². The van der Waals surface area contributed by atoms with Gasteiger partial charge in [0.15, 0.2) is 6.61 Å². The zero-order valence-corrected chi connectivity index (χ0v) is 19.9. The van der Waals surface area contributed by atoms with Crippen LogP contribution in [0.5, 0.6) is 11.5 Å². The van der Waals surface area contributed by atoms with Crippen LogP contribution in [-0.2, 0) is 4.79 Å². The molecule has 3 aromatic carbocycles. The predicted molar refractivity (Wildman–Crippen MR) is 135 cm³/mol. The number of nitrogens with zero attached hydrogens (tertiary/aromatic N) is 3. The Bertz CT molecular complexity index is 1190. The van der Waals surface area contributed by atoms with Crippen LogP contribution in [0.2, 0.25) is 0 Å². The van der Waals surface area contributed by atoms with Gasteiger partial charge in [-0.1, -0.05) is 32.0 Å². The van der Waals surface area contributed by atoms with Crippen molar-refractivity contribution in [2.75, 3.05) is 6.61 Å². The third kappa shape index (κ3) is 7.00. The van der Waals surface area contributed by atoms with Crippen LogP contribution in [0.3, 0.4) is 0 Å². The Morgan fingerprint density at radius 3 is 2.35 bits per heavy atom. The SMILES string of the molecule is CC[C@@H](C)c1ccc(OCC(=O)N/N=C\c2cc(N=Nc3ccc(C)c(C)c3)ccc2O)cc1. The second kappa shape index (κ2) is 11.7. The van der Waals surface area contributed by atoms with E-state index >= 15 is 0 Å². The molecule has 3 rings (SSSR count). The number of aryl methyl sites for hydroxylation is 2. The molecule has 0 aliphatic rings. The molecule has 3 aromatic rings. The number of phenols is 1. The van der Waals surface area contributed by atoms with Gasteiger partial charge in [-0.2, -0.15) is 15.3 Å². The number of carbonyl (C=O) groups excluding carboxylic acids is 1. The average Bonchev–Trinajstić information content (AvgIpc) is 2.85. The van der Waals surface area contributed by atoms with E-state index in [1.54, 1.807) is 12.1 Å². The lowest BCUT2D eigenvalue weighted by Gasteiger charge is -2.10. The topological polar surface area (TPSA) is 95.6 Å². The number of hydrogen-bond donors (Lipinski definition) is 2. The first-order chi connectivity index (χ1) is 16.4. The van der Waals surface area contributed by atoms with E-state index in [-0.39, 0.29) is 12.4 Å². The first-order valence-corrected chi connectivity index (χ1v) is 11.2. The summed E-state index contributed by atoms with van der Waals surface area (Å²) in [6.45, 7) is 8.20. The lowest BCUT2D eigenvalue weighted by atomic mass is 9.99. The van der Waals surface area contributed by atoms with Crippen LogP contribution in [0.1, 0.15) is 48.4 Å². The second-order valence-electron chi connectivity index (χ2n) is 8.17. The van der Waals surface area contributed by atoms with Gasteiger partial charge in [0, 0.05) is 5.56 Å². The number of hydrazone groups is 1. The summed E-state index contributed by atoms with van der Waals surface area (Å²) in [5, 5.41) is 22.5. The summed E-state index contributed by atoms with van der Waals surface area (Å²) in [6, 6.07) is 18.4. The maximum absolute atomic E-state index is 12.0. The minimum atomic E-state index is -0.410. The highest BCUT2D eigenvalue weighted by Gasteiger charge is 2.06. The van der Waals surface area contributed by atoms with Crippen molar-refractivity contribution in [3.05, 3.63) is 82.9 Å². The maximum atomic E-state index is 12.0. The summed E-state index contributed by atoms with van der Waals surface area (Å²) < 4.78 is 5.51. The molecule has 0 aliphatic carbocycles. The molecule has 7 nitrogen and oxygen atoms in total. The first kappa shape index (κ1) is 24.6. The van der Waals surface area contributed by atoms with Crippen molar-refractivity contribution in [1.82, 2.24) is 5.43 Å². The fraction of sp³-hybridized carbons (Fsp3) is 0.259. The van der Waals surface area contributed by atoms with Crippen LogP contribution >= 0.6 is 0 Å². The second-order valence-corrected chi connectivity index (χ2v) is 8.17. The Labute approximate surface area is 200 Å². The van der Waals surface area contributed by atoms with Gasteiger partial charge in [-0.3, -0.25) is 4.79 Å². The highest BCUT2D eigenvalue weighted by molar-refractivity contribution is 5.86. The van der Waals surface area contributed by atoms with Gasteiger partial charge in [0.25, 0.3) is 5.91 Å². The summed E-state index contributed by atoms with van der Waals surface area (Å²) in [5.74, 6) is 0.702. The molecule has 0 radical (unpaired) electrons. The number of nitrogens with one attached hydrogen (secondary N) is 1. The molecule has 176 valence electrons. The number of rotatable bonds is 9. The van der Waals surface area contributed by atoms with Gasteiger partial charge in [-0.15, -0.1) is 0 Å². The fourth-order valence-electron chi connectivity index (χ4n) is 3.09. The molecule has 1 amide bonds. The van der Waals surface area contributed by atoms with Crippen LogP contribution in [-0.4, -0.2) is 23.8 Å². The Kier molecular flexibility index (Phi) is 8.51. The molecular formula is C27H30N4O3. The molecular weight excluding hydrogens is 428 g/mol. The Morgan fingerprint density at radius 1 is 1.00 bits per heavy atom. The van der Waals surface area contributed by atoms with E-state index in [1.807, 2.05) is 56.3 Å². The zero-order valence-electron chi connectivity index (χ0n) is 19.9. The van der Waals surface area contributed by atoms with Crippen LogP contribution in [0.25, 0.3) is 0 Å². The number of carbonyl (C=O) groups is 1. The number of hydrogen-bond acceptors (Lipinski definition) is 6. The van der Waals surface area contributed by atoms with Crippen LogP contribution < -0.4 is 10.2 Å². The quantitative estimate of drug-likeness (QED) is 0.219. The zero-order chi connectivity index (χ0) is 24.5. The minimum absolute atomic E-state index is 0.0146. The molecule has 2 N–H and O–H groups in total. The van der Waals surface area contributed by atoms with Crippen molar-refractivity contribution < 1.29 is 14.6 Å². The van der Waals surface area contributed by atoms with Gasteiger partial charge >= 0.3 is 0 Å². The highest BCUT2D eigenvalue weighted by atomic mass is 16.5. The molecule has 0 aliphatic heterocycles. The molecule has 0 bridgehead atoms. The van der Waals surface area contributed by atoms with E-state index in [2.05, 4.69) is 34.6 Å². The van der Waals surface area contributed by atoms with E-state index in [0.717, 1.165) is 17.7 Å². The largest absolute Gasteiger partial charge is 0.507 e. The maximum Gasteiger partial charge on any atom is 0.277 e. The average molecular weight is 459 g/mol. The summed E-state index contributed by atoms with van der Waals surface area (Å²) in [7, 11) is 0. The minimum Gasteiger partial charge on any atom is -0.507 e. The van der Waals surface area contributed by atoms with Crippen LogP contribution in [0, 0.1) is 13.8 Å². The van der Waals surface area contributed by atoms with E-state index in [1.165, 1.54) is 23.4 Å². The fourth-order valence-corrected chi connectivity index (χ4v) is 3.09. The Morgan fingerprint density at radius 2 is 1.68 bits per heavy atom. The predicted octanol–water partition coefficient (Wildman–Crippen LogP) is 6.47. The standard InChI is InChI=1S/C27H30N4O3/c1-5-18(2)21-7-11-25(12-8-21)34-17-27(33)31-28-16-22-15-24(10-13-26(22)32)30-29-23-9-6-19(3)20(4)14-23/h6-16,18,32H,5,17H2,1-4H3,(H,31,33)/b28-16-,30-29?/t18-/m1/s1. The molecule has 0 saturated carbocycles. The van der Waals surface area contributed by atoms with Crippen molar-refractivity contribution in [3.8, 4) is 11.5 Å². The van der Waals surface area contributed by atoms with Crippen molar-refractivity contribution in [1.29, 1.82) is 0 Å². The molecule has 1 atom stereocenters. The summed E-state index contributed by atoms with van der Waals surface area (Å²) >= 11 is 0. The van der Waals surface area contributed by atoms with E-state index in [4.69, 9.17) is 4.74 Å². The van der Waals surface area contributed by atoms with Crippen molar-refractivity contribution in [2.24, 2.45) is 15.3 Å². The highest BCUT2D eigenvalue weighted by Crippen LogP contribution is 2.25. The molecule has 0 heterocycles. The smallest absolute Gasteiger partial charge is 0.277 e. The molecule has 0 unspecified atom stereocenters. The number of phenolic OH excluding ortho intramolecular Hbond substituents is 1. The van der Waals surface area contributed by atoms with Crippen molar-refractivity contribution in [2.45, 2.75) is 40.0 Å². The molecule has 0 spiro atoms. The molecule has 0 fully saturated rings. The molecule has 0 aromatic heterocycles. The lowest BCUT2D eigenvalue weighted by molar-refractivity contribution is -0.123. The molecule has 34 heavy (non-hydrogen) atoms. The van der Waals surface area contributed by atoms with Gasteiger partial charge in [0.05, 0.1) is 17.6 Å². The third-order valence-electron chi connectivity index (χ3n) is 5.61. The van der Waals surface area contributed by atoms with E-state index in [9.17, 15) is 9.90 Å². The third-order valence-corrected chi connectivity index (χ3v) is 5.61. The van der Waals surface area contributed by atoms with Gasteiger partial charge in [0.2, 0.25) is 0 Å². The van der Waals surface area contributed by atoms with Gasteiger partial charge in [-0.05, 0) is 85.3 Å². The van der Waals surface area contributed by atoms with Gasteiger partial charge in [0.1, 0.15) is 11.5 Å². The lowest BCUT2D eigenvalue weighted by Crippen LogP contribution is -2.24. The number of amides is 1. The van der Waals surface area contributed by atoms with E-state index in [0.29, 0.717) is 22.9 Å². The van der Waals surface area contributed by atoms with E-state index < -0.39 is 5.91 Å². The van der Waals surface area contributed by atoms with Crippen molar-refractivity contribution in [3.63, 3.8) is 0 Å². The molecule has 0 saturated heterocycles. The number of azo groups is 1. The van der Waals surface area contributed by atoms with Crippen LogP contribution in [0.4, 0.5) is 11.4 Å². The molecule has 7 heteroatoms. The van der Waals surface area contributed by atoms with Gasteiger partial charge < -0.3 is 9.84 Å². The monoisotopic (exact) mass is 458 g/mol. The number of ether oxygens (including phenoxy) is 1. The number of benzene rings is 3. The summed E-state index contributed by atoms with van der Waals surface area (Å²) in [5.41, 5.74) is 7.65. The first-order valence-electron chi connectivity index (χ1n) is 11.2. The summed E-state index contributed by atoms with van der Waals surface area (Å²) in [6.07, 6.45) is 2.41. The van der Waals surface area contributed by atoms with Crippen molar-refractivity contribution >= 4 is 23.5 Å². The Balaban J connectivity index is 1.54. The number of aromatic hydroxyl groups is 1. The van der Waals surface area contributed by atoms with Crippen LogP contribution in [0.15, 0.2) is 76.0 Å². The summed E-state index contributed by atoms with van der Waals surface area (Å²) in [4.78, 5) is 12.0. The Hall–Kier alpha value is -4.00.